The van der Waals surface area contributed by atoms with E-state index in [0.717, 1.165) is 29.1 Å². The zero-order valence-corrected chi connectivity index (χ0v) is 20.7. The summed E-state index contributed by atoms with van der Waals surface area (Å²) >= 11 is 0. The highest BCUT2D eigenvalue weighted by Crippen LogP contribution is 2.38. The Balaban J connectivity index is 2.07. The van der Waals surface area contributed by atoms with Gasteiger partial charge in [0.05, 0.1) is 6.42 Å². The average Bonchev–Trinajstić information content (AvgIpc) is 2.96. The van der Waals surface area contributed by atoms with Gasteiger partial charge in [-0.2, -0.15) is 0 Å². The molecule has 0 saturated heterocycles. The van der Waals surface area contributed by atoms with Crippen molar-refractivity contribution in [2.75, 3.05) is 5.32 Å². The Labute approximate surface area is 192 Å². The van der Waals surface area contributed by atoms with Crippen molar-refractivity contribution in [2.24, 2.45) is 10.8 Å². The summed E-state index contributed by atoms with van der Waals surface area (Å²) in [7, 11) is 0. The van der Waals surface area contributed by atoms with E-state index in [1.807, 2.05) is 69.4 Å². The zero-order valence-electron chi connectivity index (χ0n) is 20.7. The number of nitrogens with zero attached hydrogens (tertiary/aromatic N) is 2. The van der Waals surface area contributed by atoms with E-state index < -0.39 is 0 Å². The minimum Gasteiger partial charge on any atom is -0.426 e. The van der Waals surface area contributed by atoms with Crippen LogP contribution < -0.4 is 10.1 Å². The Kier molecular flexibility index (Phi) is 6.41. The van der Waals surface area contributed by atoms with Crippen LogP contribution in [0.5, 0.6) is 5.75 Å². The number of anilines is 1. The van der Waals surface area contributed by atoms with E-state index in [9.17, 15) is 4.79 Å². The topological polar surface area (TPSA) is 55.6 Å². The minimum atomic E-state index is -0.240. The summed E-state index contributed by atoms with van der Waals surface area (Å²) in [5.41, 5.74) is 2.27. The fourth-order valence-corrected chi connectivity index (χ4v) is 4.34. The highest BCUT2D eigenvalue weighted by atomic mass is 16.5. The predicted octanol–water partition coefficient (Wildman–Crippen LogP) is 6.97. The van der Waals surface area contributed by atoms with E-state index in [0.29, 0.717) is 12.2 Å². The molecule has 0 aliphatic carbocycles. The van der Waals surface area contributed by atoms with Crippen molar-refractivity contribution in [3.05, 3.63) is 48.7 Å². The van der Waals surface area contributed by atoms with Crippen LogP contribution in [-0.4, -0.2) is 20.9 Å². The van der Waals surface area contributed by atoms with E-state index in [1.165, 1.54) is 0 Å². The minimum absolute atomic E-state index is 0.140. The first-order valence-corrected chi connectivity index (χ1v) is 11.3. The van der Waals surface area contributed by atoms with Crippen LogP contribution in [0, 0.1) is 10.8 Å². The van der Waals surface area contributed by atoms with E-state index in [2.05, 4.69) is 44.3 Å². The molecule has 0 saturated carbocycles. The van der Waals surface area contributed by atoms with Gasteiger partial charge in [-0.3, -0.25) is 9.20 Å². The summed E-state index contributed by atoms with van der Waals surface area (Å²) in [6, 6.07) is 13.6. The number of carbonyl (C=O) groups excluding carboxylic acids is 1. The Morgan fingerprint density at radius 3 is 2.25 bits per heavy atom. The molecule has 0 spiro atoms. The first kappa shape index (κ1) is 23.8. The molecule has 2 aromatic heterocycles. The highest BCUT2D eigenvalue weighted by Gasteiger charge is 2.29. The van der Waals surface area contributed by atoms with E-state index >= 15 is 0 Å². The number of benzene rings is 1. The van der Waals surface area contributed by atoms with Crippen molar-refractivity contribution in [1.29, 1.82) is 0 Å². The third kappa shape index (κ3) is 6.12. The van der Waals surface area contributed by atoms with Crippen LogP contribution in [0.2, 0.25) is 0 Å². The molecule has 0 aliphatic heterocycles. The second-order valence-corrected chi connectivity index (χ2v) is 11.7. The molecule has 0 aliphatic rings. The number of hydrogen-bond donors (Lipinski definition) is 1. The number of nitrogens with one attached hydrogen (secondary N) is 1. The number of hydrogen-bond acceptors (Lipinski definition) is 4. The normalized spacial score (nSPS) is 12.8. The lowest BCUT2D eigenvalue weighted by molar-refractivity contribution is -0.136. The average molecular weight is 436 g/mol. The van der Waals surface area contributed by atoms with Gasteiger partial charge in [-0.25, -0.2) is 4.98 Å². The van der Waals surface area contributed by atoms with Crippen LogP contribution in [0.3, 0.4) is 0 Å². The summed E-state index contributed by atoms with van der Waals surface area (Å²) in [6.07, 6.45) is 3.33. The Bertz CT molecular complexity index is 1100. The second-order valence-electron chi connectivity index (χ2n) is 11.7. The number of esters is 1. The van der Waals surface area contributed by atoms with Crippen molar-refractivity contribution >= 4 is 17.4 Å². The summed E-state index contributed by atoms with van der Waals surface area (Å²) in [5.74, 6) is 1.19. The first-order chi connectivity index (χ1) is 14.7. The van der Waals surface area contributed by atoms with Gasteiger partial charge in [0, 0.05) is 17.3 Å². The lowest BCUT2D eigenvalue weighted by Crippen LogP contribution is -2.36. The maximum Gasteiger partial charge on any atom is 0.311 e. The maximum absolute atomic E-state index is 12.6. The van der Waals surface area contributed by atoms with Gasteiger partial charge < -0.3 is 10.1 Å². The summed E-state index contributed by atoms with van der Waals surface area (Å²) in [6.45, 7) is 17.2. The van der Waals surface area contributed by atoms with Crippen molar-refractivity contribution < 1.29 is 9.53 Å². The zero-order chi connectivity index (χ0) is 23.7. The number of para-hydroxylation sites is 1. The molecule has 0 amide bonds. The Morgan fingerprint density at radius 1 is 0.938 bits per heavy atom. The number of aromatic nitrogens is 2. The molecule has 3 aromatic rings. The Hall–Kier alpha value is -2.82. The molecule has 0 fully saturated rings. The number of pyridine rings is 1. The van der Waals surface area contributed by atoms with Gasteiger partial charge in [-0.1, -0.05) is 59.7 Å². The SMILES string of the molecule is CC(C)(C)CC(=O)Oc1ccccc1-c1nc2ccccn2c1NC(C)(C)CC(C)(C)C. The van der Waals surface area contributed by atoms with E-state index in [1.54, 1.807) is 0 Å². The third-order valence-corrected chi connectivity index (χ3v) is 5.00. The van der Waals surface area contributed by atoms with Crippen LogP contribution in [-0.2, 0) is 4.79 Å². The molecule has 0 unspecified atom stereocenters. The van der Waals surface area contributed by atoms with Crippen LogP contribution in [0.25, 0.3) is 16.9 Å². The molecule has 2 heterocycles. The third-order valence-electron chi connectivity index (χ3n) is 5.00. The van der Waals surface area contributed by atoms with Crippen LogP contribution in [0.4, 0.5) is 5.82 Å². The van der Waals surface area contributed by atoms with Crippen molar-refractivity contribution in [2.45, 2.75) is 73.8 Å². The Morgan fingerprint density at radius 2 is 1.59 bits per heavy atom. The lowest BCUT2D eigenvalue weighted by Gasteiger charge is -2.34. The first-order valence-electron chi connectivity index (χ1n) is 11.3. The van der Waals surface area contributed by atoms with Crippen molar-refractivity contribution in [1.82, 2.24) is 9.38 Å². The quantitative estimate of drug-likeness (QED) is 0.335. The van der Waals surface area contributed by atoms with Gasteiger partial charge in [-0.05, 0) is 55.4 Å². The predicted molar refractivity (Wildman–Crippen MR) is 132 cm³/mol. The van der Waals surface area contributed by atoms with Gasteiger partial charge in [-0.15, -0.1) is 0 Å². The molecule has 32 heavy (non-hydrogen) atoms. The van der Waals surface area contributed by atoms with Gasteiger partial charge >= 0.3 is 5.97 Å². The molecule has 5 nitrogen and oxygen atoms in total. The smallest absolute Gasteiger partial charge is 0.311 e. The number of carbonyl (C=O) groups is 1. The second kappa shape index (κ2) is 8.61. The molecule has 1 aromatic carbocycles. The number of imidazole rings is 1. The van der Waals surface area contributed by atoms with Crippen LogP contribution in [0.15, 0.2) is 48.7 Å². The maximum atomic E-state index is 12.6. The fourth-order valence-electron chi connectivity index (χ4n) is 4.34. The van der Waals surface area contributed by atoms with E-state index in [-0.39, 0.29) is 22.3 Å². The van der Waals surface area contributed by atoms with E-state index in [4.69, 9.17) is 9.72 Å². The number of rotatable bonds is 6. The highest BCUT2D eigenvalue weighted by molar-refractivity contribution is 5.83. The molecular weight excluding hydrogens is 398 g/mol. The van der Waals surface area contributed by atoms with Crippen LogP contribution in [0.1, 0.15) is 68.2 Å². The molecular formula is C27H37N3O2. The summed E-state index contributed by atoms with van der Waals surface area (Å²) in [4.78, 5) is 17.5. The molecule has 0 radical (unpaired) electrons. The fraction of sp³-hybridized carbons (Fsp3) is 0.481. The summed E-state index contributed by atoms with van der Waals surface area (Å²) in [5, 5.41) is 3.74. The molecule has 0 atom stereocenters. The monoisotopic (exact) mass is 435 g/mol. The van der Waals surface area contributed by atoms with Gasteiger partial charge in [0.25, 0.3) is 0 Å². The number of ether oxygens (including phenoxy) is 1. The van der Waals surface area contributed by atoms with Gasteiger partial charge in [0.15, 0.2) is 0 Å². The largest absolute Gasteiger partial charge is 0.426 e. The standard InChI is InChI=1S/C27H37N3O2/c1-25(2,3)17-22(31)32-20-14-10-9-13-19(20)23-24(29-27(7,8)18-26(4,5)6)30-16-12-11-15-21(30)28-23/h9-16,29H,17-18H2,1-8H3. The summed E-state index contributed by atoms with van der Waals surface area (Å²) < 4.78 is 7.88. The lowest BCUT2D eigenvalue weighted by atomic mass is 9.82. The molecule has 3 rings (SSSR count). The van der Waals surface area contributed by atoms with Crippen LogP contribution >= 0.6 is 0 Å². The van der Waals surface area contributed by atoms with Gasteiger partial charge in [0.1, 0.15) is 22.9 Å². The van der Waals surface area contributed by atoms with Crippen molar-refractivity contribution in [3.63, 3.8) is 0 Å². The molecule has 0 bridgehead atoms. The number of fused-ring (bicyclic) bond motifs is 1. The molecule has 172 valence electrons. The molecule has 5 heteroatoms. The van der Waals surface area contributed by atoms with Gasteiger partial charge in [0.2, 0.25) is 0 Å². The van der Waals surface area contributed by atoms with Crippen molar-refractivity contribution in [3.8, 4) is 17.0 Å². The molecule has 1 N–H and O–H groups in total.